The van der Waals surface area contributed by atoms with Gasteiger partial charge in [0, 0.05) is 6.54 Å². The number of rotatable bonds is 5. The summed E-state index contributed by atoms with van der Waals surface area (Å²) in [5.41, 5.74) is 2.78. The summed E-state index contributed by atoms with van der Waals surface area (Å²) in [7, 11) is 0. The van der Waals surface area contributed by atoms with Gasteiger partial charge in [-0.3, -0.25) is 5.43 Å². The van der Waals surface area contributed by atoms with Gasteiger partial charge in [0.05, 0.1) is 0 Å². The Hall–Kier alpha value is -2.29. The van der Waals surface area contributed by atoms with Gasteiger partial charge in [-0.15, -0.1) is 0 Å². The standard InChI is InChI=1S/C10H15N9/c1-10(2-3-10)4-13-7-15-8(18-11)17-9(16-7)19-6-12-5-14-19/h5-6H,2-4,11H2,1H3,(H2,13,15,16,17,18). The molecule has 0 unspecified atom stereocenters. The first kappa shape index (κ1) is 11.8. The van der Waals surface area contributed by atoms with E-state index < -0.39 is 0 Å². The minimum absolute atomic E-state index is 0.281. The molecule has 2 aromatic rings. The van der Waals surface area contributed by atoms with E-state index in [2.05, 4.69) is 42.7 Å². The minimum atomic E-state index is 0.281. The molecule has 100 valence electrons. The number of aromatic nitrogens is 6. The van der Waals surface area contributed by atoms with Crippen molar-refractivity contribution in [1.82, 2.24) is 29.7 Å². The average molecular weight is 261 g/mol. The van der Waals surface area contributed by atoms with E-state index in [0.29, 0.717) is 17.3 Å². The summed E-state index contributed by atoms with van der Waals surface area (Å²) in [6.07, 6.45) is 5.38. The molecular weight excluding hydrogens is 246 g/mol. The van der Waals surface area contributed by atoms with E-state index in [-0.39, 0.29) is 5.95 Å². The lowest BCUT2D eigenvalue weighted by Gasteiger charge is -2.11. The summed E-state index contributed by atoms with van der Waals surface area (Å²) in [6.45, 7) is 3.05. The van der Waals surface area contributed by atoms with Gasteiger partial charge < -0.3 is 5.32 Å². The third-order valence-corrected chi connectivity index (χ3v) is 3.15. The number of hydrogen-bond acceptors (Lipinski definition) is 8. The van der Waals surface area contributed by atoms with E-state index in [1.54, 1.807) is 0 Å². The Kier molecular flexibility index (Phi) is 2.75. The molecule has 2 aromatic heterocycles. The number of hydrazine groups is 1. The van der Waals surface area contributed by atoms with E-state index in [1.165, 1.54) is 30.2 Å². The molecule has 1 aliphatic rings. The van der Waals surface area contributed by atoms with Crippen LogP contribution in [0.15, 0.2) is 12.7 Å². The topological polar surface area (TPSA) is 119 Å². The second kappa shape index (κ2) is 4.43. The minimum Gasteiger partial charge on any atom is -0.353 e. The lowest BCUT2D eigenvalue weighted by Crippen LogP contribution is -2.18. The molecule has 19 heavy (non-hydrogen) atoms. The molecule has 2 heterocycles. The van der Waals surface area contributed by atoms with Gasteiger partial charge in [0.25, 0.3) is 5.95 Å². The van der Waals surface area contributed by atoms with Crippen LogP contribution >= 0.6 is 0 Å². The Morgan fingerprint density at radius 2 is 2.11 bits per heavy atom. The maximum absolute atomic E-state index is 5.36. The second-order valence-corrected chi connectivity index (χ2v) is 4.93. The van der Waals surface area contributed by atoms with Crippen molar-refractivity contribution in [2.45, 2.75) is 19.8 Å². The van der Waals surface area contributed by atoms with E-state index >= 15 is 0 Å². The van der Waals surface area contributed by atoms with Gasteiger partial charge in [-0.1, -0.05) is 6.92 Å². The molecule has 4 N–H and O–H groups in total. The Balaban J connectivity index is 1.84. The van der Waals surface area contributed by atoms with Crippen molar-refractivity contribution in [1.29, 1.82) is 0 Å². The third-order valence-electron chi connectivity index (χ3n) is 3.15. The second-order valence-electron chi connectivity index (χ2n) is 4.93. The van der Waals surface area contributed by atoms with E-state index in [1.807, 2.05) is 0 Å². The fourth-order valence-corrected chi connectivity index (χ4v) is 1.60. The quantitative estimate of drug-likeness (QED) is 0.506. The summed E-state index contributed by atoms with van der Waals surface area (Å²) in [4.78, 5) is 16.4. The fourth-order valence-electron chi connectivity index (χ4n) is 1.60. The molecule has 0 aliphatic heterocycles. The van der Waals surface area contributed by atoms with Crippen LogP contribution in [0.5, 0.6) is 0 Å². The lowest BCUT2D eigenvalue weighted by molar-refractivity contribution is 0.607. The van der Waals surface area contributed by atoms with Crippen LogP contribution in [0.3, 0.4) is 0 Å². The molecule has 0 spiro atoms. The highest BCUT2D eigenvalue weighted by Crippen LogP contribution is 2.44. The maximum atomic E-state index is 5.36. The molecule has 1 aliphatic carbocycles. The van der Waals surface area contributed by atoms with Crippen LogP contribution in [0.25, 0.3) is 5.95 Å². The SMILES string of the molecule is CC1(CNc2nc(NN)nc(-n3cncn3)n2)CC1. The van der Waals surface area contributed by atoms with Crippen LogP contribution in [0.4, 0.5) is 11.9 Å². The van der Waals surface area contributed by atoms with Gasteiger partial charge in [-0.2, -0.15) is 24.7 Å². The predicted octanol–water partition coefficient (Wildman–Crippen LogP) is -0.0501. The monoisotopic (exact) mass is 261 g/mol. The lowest BCUT2D eigenvalue weighted by atomic mass is 10.1. The van der Waals surface area contributed by atoms with E-state index in [4.69, 9.17) is 5.84 Å². The van der Waals surface area contributed by atoms with Gasteiger partial charge in [0.15, 0.2) is 0 Å². The Morgan fingerprint density at radius 1 is 1.32 bits per heavy atom. The first-order valence-electron chi connectivity index (χ1n) is 6.00. The molecule has 0 amide bonds. The first-order valence-corrected chi connectivity index (χ1v) is 6.00. The number of hydrogen-bond donors (Lipinski definition) is 3. The number of nitrogens with two attached hydrogens (primary N) is 1. The summed E-state index contributed by atoms with van der Waals surface area (Å²) in [5, 5.41) is 7.19. The molecule has 3 rings (SSSR count). The van der Waals surface area contributed by atoms with Crippen molar-refractivity contribution in [3.8, 4) is 5.95 Å². The predicted molar refractivity (Wildman–Crippen MR) is 68.4 cm³/mol. The van der Waals surface area contributed by atoms with Gasteiger partial charge in [-0.05, 0) is 18.3 Å². The highest BCUT2D eigenvalue weighted by atomic mass is 15.4. The van der Waals surface area contributed by atoms with Gasteiger partial charge in [0.1, 0.15) is 12.7 Å². The van der Waals surface area contributed by atoms with Gasteiger partial charge in [-0.25, -0.2) is 10.8 Å². The Labute approximate surface area is 109 Å². The average Bonchev–Trinajstić information content (AvgIpc) is 2.95. The smallest absolute Gasteiger partial charge is 0.258 e. The van der Waals surface area contributed by atoms with Crippen molar-refractivity contribution in [2.75, 3.05) is 17.3 Å². The normalized spacial score (nSPS) is 16.1. The van der Waals surface area contributed by atoms with Crippen molar-refractivity contribution >= 4 is 11.9 Å². The molecule has 0 radical (unpaired) electrons. The Morgan fingerprint density at radius 3 is 2.74 bits per heavy atom. The molecule has 9 nitrogen and oxygen atoms in total. The highest BCUT2D eigenvalue weighted by molar-refractivity contribution is 5.37. The maximum Gasteiger partial charge on any atom is 0.258 e. The molecule has 0 saturated heterocycles. The van der Waals surface area contributed by atoms with E-state index in [9.17, 15) is 0 Å². The summed E-state index contributed by atoms with van der Waals surface area (Å²) in [6, 6.07) is 0. The zero-order chi connectivity index (χ0) is 13.3. The fraction of sp³-hybridized carbons (Fsp3) is 0.500. The molecular formula is C10H15N9. The molecule has 0 atom stereocenters. The molecule has 1 saturated carbocycles. The van der Waals surface area contributed by atoms with Crippen LogP contribution in [-0.4, -0.2) is 36.3 Å². The largest absolute Gasteiger partial charge is 0.353 e. The van der Waals surface area contributed by atoms with Gasteiger partial charge in [0.2, 0.25) is 11.9 Å². The van der Waals surface area contributed by atoms with Crippen molar-refractivity contribution in [3.05, 3.63) is 12.7 Å². The highest BCUT2D eigenvalue weighted by Gasteiger charge is 2.37. The number of anilines is 2. The van der Waals surface area contributed by atoms with E-state index in [0.717, 1.165) is 6.54 Å². The molecule has 0 aromatic carbocycles. The van der Waals surface area contributed by atoms with Crippen LogP contribution in [0.1, 0.15) is 19.8 Å². The zero-order valence-electron chi connectivity index (χ0n) is 10.5. The number of nitrogens with zero attached hydrogens (tertiary/aromatic N) is 6. The van der Waals surface area contributed by atoms with Crippen molar-refractivity contribution in [2.24, 2.45) is 11.3 Å². The summed E-state index contributed by atoms with van der Waals surface area (Å²) >= 11 is 0. The van der Waals surface area contributed by atoms with Crippen LogP contribution in [-0.2, 0) is 0 Å². The summed E-state index contributed by atoms with van der Waals surface area (Å²) < 4.78 is 1.45. The third kappa shape index (κ3) is 2.60. The van der Waals surface area contributed by atoms with Crippen LogP contribution in [0, 0.1) is 5.41 Å². The Bertz CT molecular complexity index is 560. The van der Waals surface area contributed by atoms with Gasteiger partial charge >= 0.3 is 0 Å². The number of nitrogen functional groups attached to an aromatic ring is 1. The zero-order valence-corrected chi connectivity index (χ0v) is 10.5. The summed E-state index contributed by atoms with van der Waals surface area (Å²) in [5.74, 6) is 6.48. The van der Waals surface area contributed by atoms with Crippen molar-refractivity contribution < 1.29 is 0 Å². The first-order chi connectivity index (χ1) is 9.18. The van der Waals surface area contributed by atoms with Crippen LogP contribution in [0.2, 0.25) is 0 Å². The van der Waals surface area contributed by atoms with Crippen molar-refractivity contribution in [3.63, 3.8) is 0 Å². The van der Waals surface area contributed by atoms with Crippen LogP contribution < -0.4 is 16.6 Å². The number of nitrogens with one attached hydrogen (secondary N) is 2. The molecule has 0 bridgehead atoms. The molecule has 1 fully saturated rings. The molecule has 9 heteroatoms.